The lowest BCUT2D eigenvalue weighted by atomic mass is 10.1. The van der Waals surface area contributed by atoms with Crippen LogP contribution < -0.4 is 10.1 Å². The SMILES string of the molecule is CCOc1ccc(CNc2cc(C(=O)O)ccc2F)cc1. The molecule has 110 valence electrons. The molecule has 0 aliphatic rings. The number of anilines is 1. The van der Waals surface area contributed by atoms with Gasteiger partial charge in [0.2, 0.25) is 0 Å². The molecule has 21 heavy (non-hydrogen) atoms. The van der Waals surface area contributed by atoms with Crippen molar-refractivity contribution >= 4 is 11.7 Å². The van der Waals surface area contributed by atoms with Crippen LogP contribution in [0.1, 0.15) is 22.8 Å². The van der Waals surface area contributed by atoms with E-state index in [9.17, 15) is 9.18 Å². The number of carboxylic acid groups (broad SMARTS) is 1. The van der Waals surface area contributed by atoms with E-state index in [0.717, 1.165) is 17.4 Å². The minimum atomic E-state index is -1.08. The first kappa shape index (κ1) is 14.8. The Morgan fingerprint density at radius 2 is 1.95 bits per heavy atom. The van der Waals surface area contributed by atoms with E-state index >= 15 is 0 Å². The molecule has 2 rings (SSSR count). The van der Waals surface area contributed by atoms with E-state index in [1.807, 2.05) is 31.2 Å². The standard InChI is InChI=1S/C16H16FNO3/c1-2-21-13-6-3-11(4-7-13)10-18-15-9-12(16(19)20)5-8-14(15)17/h3-9,18H,2,10H2,1H3,(H,19,20). The lowest BCUT2D eigenvalue weighted by Gasteiger charge is -2.09. The number of rotatable bonds is 6. The van der Waals surface area contributed by atoms with Gasteiger partial charge in [0.15, 0.2) is 0 Å². The van der Waals surface area contributed by atoms with Crippen molar-refractivity contribution in [2.24, 2.45) is 0 Å². The molecule has 0 amide bonds. The molecule has 0 aliphatic carbocycles. The number of nitrogens with one attached hydrogen (secondary N) is 1. The Kier molecular flexibility index (Phi) is 4.77. The van der Waals surface area contributed by atoms with Crippen LogP contribution in [0, 0.1) is 5.82 Å². The predicted molar refractivity (Wildman–Crippen MR) is 78.3 cm³/mol. The quantitative estimate of drug-likeness (QED) is 0.854. The highest BCUT2D eigenvalue weighted by molar-refractivity contribution is 5.88. The molecule has 0 bridgehead atoms. The molecule has 0 aromatic heterocycles. The van der Waals surface area contributed by atoms with Crippen LogP contribution in [0.25, 0.3) is 0 Å². The number of halogens is 1. The monoisotopic (exact) mass is 289 g/mol. The third kappa shape index (κ3) is 3.95. The number of aromatic carboxylic acids is 1. The predicted octanol–water partition coefficient (Wildman–Crippen LogP) is 3.53. The Balaban J connectivity index is 2.05. The van der Waals surface area contributed by atoms with Gasteiger partial charge in [0.1, 0.15) is 11.6 Å². The summed E-state index contributed by atoms with van der Waals surface area (Å²) in [6.45, 7) is 2.91. The normalized spacial score (nSPS) is 10.2. The van der Waals surface area contributed by atoms with Crippen molar-refractivity contribution < 1.29 is 19.0 Å². The van der Waals surface area contributed by atoms with E-state index in [2.05, 4.69) is 5.32 Å². The van der Waals surface area contributed by atoms with Gasteiger partial charge in [0, 0.05) is 6.54 Å². The maximum absolute atomic E-state index is 13.6. The number of ether oxygens (including phenoxy) is 1. The molecule has 2 aromatic carbocycles. The van der Waals surface area contributed by atoms with Crippen molar-refractivity contribution in [3.05, 3.63) is 59.4 Å². The summed E-state index contributed by atoms with van der Waals surface area (Å²) in [6, 6.07) is 11.1. The van der Waals surface area contributed by atoms with Gasteiger partial charge in [0.25, 0.3) is 0 Å². The molecular formula is C16H16FNO3. The van der Waals surface area contributed by atoms with Crippen molar-refractivity contribution in [3.8, 4) is 5.75 Å². The maximum Gasteiger partial charge on any atom is 0.335 e. The highest BCUT2D eigenvalue weighted by Gasteiger charge is 2.08. The summed E-state index contributed by atoms with van der Waals surface area (Å²) in [6.07, 6.45) is 0. The largest absolute Gasteiger partial charge is 0.494 e. The molecule has 0 heterocycles. The van der Waals surface area contributed by atoms with Crippen LogP contribution in [-0.2, 0) is 6.54 Å². The number of hydrogen-bond donors (Lipinski definition) is 2. The summed E-state index contributed by atoms with van der Waals surface area (Å²) in [5.41, 5.74) is 1.16. The minimum Gasteiger partial charge on any atom is -0.494 e. The third-order valence-electron chi connectivity index (χ3n) is 2.93. The van der Waals surface area contributed by atoms with Crippen LogP contribution in [0.3, 0.4) is 0 Å². The highest BCUT2D eigenvalue weighted by Crippen LogP contribution is 2.18. The first-order chi connectivity index (χ1) is 10.1. The molecule has 0 radical (unpaired) electrons. The number of carbonyl (C=O) groups is 1. The van der Waals surface area contributed by atoms with Crippen molar-refractivity contribution in [2.75, 3.05) is 11.9 Å². The molecule has 2 aromatic rings. The van der Waals surface area contributed by atoms with Gasteiger partial charge in [-0.3, -0.25) is 0 Å². The first-order valence-corrected chi connectivity index (χ1v) is 6.58. The summed E-state index contributed by atoms with van der Waals surface area (Å²) < 4.78 is 19.0. The summed E-state index contributed by atoms with van der Waals surface area (Å²) >= 11 is 0. The zero-order chi connectivity index (χ0) is 15.2. The second-order valence-electron chi connectivity index (χ2n) is 4.43. The average molecular weight is 289 g/mol. The topological polar surface area (TPSA) is 58.6 Å². The fourth-order valence-corrected chi connectivity index (χ4v) is 1.86. The Labute approximate surface area is 122 Å². The molecule has 0 atom stereocenters. The Hall–Kier alpha value is -2.56. The summed E-state index contributed by atoms with van der Waals surface area (Å²) in [4.78, 5) is 10.9. The van der Waals surface area contributed by atoms with E-state index in [0.29, 0.717) is 13.2 Å². The van der Waals surface area contributed by atoms with E-state index < -0.39 is 11.8 Å². The van der Waals surface area contributed by atoms with Crippen molar-refractivity contribution in [2.45, 2.75) is 13.5 Å². The molecule has 0 saturated carbocycles. The molecule has 0 aliphatic heterocycles. The lowest BCUT2D eigenvalue weighted by molar-refractivity contribution is 0.0697. The van der Waals surface area contributed by atoms with Crippen molar-refractivity contribution in [1.29, 1.82) is 0 Å². The molecule has 4 nitrogen and oxygen atoms in total. The lowest BCUT2D eigenvalue weighted by Crippen LogP contribution is -2.04. The van der Waals surface area contributed by atoms with Gasteiger partial charge >= 0.3 is 5.97 Å². The zero-order valence-corrected chi connectivity index (χ0v) is 11.6. The van der Waals surface area contributed by atoms with Crippen LogP contribution in [0.5, 0.6) is 5.75 Å². The summed E-state index contributed by atoms with van der Waals surface area (Å²) in [5, 5.41) is 11.8. The van der Waals surface area contributed by atoms with E-state index in [4.69, 9.17) is 9.84 Å². The van der Waals surface area contributed by atoms with Crippen LogP contribution in [-0.4, -0.2) is 17.7 Å². The van der Waals surface area contributed by atoms with Crippen molar-refractivity contribution in [3.63, 3.8) is 0 Å². The number of hydrogen-bond acceptors (Lipinski definition) is 3. The molecular weight excluding hydrogens is 273 g/mol. The summed E-state index contributed by atoms with van der Waals surface area (Å²) in [7, 11) is 0. The zero-order valence-electron chi connectivity index (χ0n) is 11.6. The average Bonchev–Trinajstić information content (AvgIpc) is 2.48. The smallest absolute Gasteiger partial charge is 0.335 e. The van der Waals surface area contributed by atoms with Crippen LogP contribution >= 0.6 is 0 Å². The summed E-state index contributed by atoms with van der Waals surface area (Å²) in [5.74, 6) is -0.787. The molecule has 2 N–H and O–H groups in total. The van der Waals surface area contributed by atoms with Crippen molar-refractivity contribution in [1.82, 2.24) is 0 Å². The first-order valence-electron chi connectivity index (χ1n) is 6.58. The Morgan fingerprint density at radius 1 is 1.24 bits per heavy atom. The molecule has 0 spiro atoms. The fraction of sp³-hybridized carbons (Fsp3) is 0.188. The Bertz CT molecular complexity index is 626. The number of carboxylic acids is 1. The van der Waals surface area contributed by atoms with Crippen LogP contribution in [0.15, 0.2) is 42.5 Å². The second kappa shape index (κ2) is 6.74. The van der Waals surface area contributed by atoms with Gasteiger partial charge in [-0.05, 0) is 42.8 Å². The van der Waals surface area contributed by atoms with Gasteiger partial charge < -0.3 is 15.2 Å². The van der Waals surface area contributed by atoms with Crippen LogP contribution in [0.2, 0.25) is 0 Å². The van der Waals surface area contributed by atoms with E-state index in [1.165, 1.54) is 12.1 Å². The fourth-order valence-electron chi connectivity index (χ4n) is 1.86. The molecule has 0 saturated heterocycles. The van der Waals surface area contributed by atoms with Gasteiger partial charge in [-0.2, -0.15) is 0 Å². The van der Waals surface area contributed by atoms with Gasteiger partial charge in [-0.1, -0.05) is 12.1 Å². The van der Waals surface area contributed by atoms with E-state index in [1.54, 1.807) is 0 Å². The second-order valence-corrected chi connectivity index (χ2v) is 4.43. The van der Waals surface area contributed by atoms with Crippen LogP contribution in [0.4, 0.5) is 10.1 Å². The van der Waals surface area contributed by atoms with Gasteiger partial charge in [-0.25, -0.2) is 9.18 Å². The molecule has 0 fully saturated rings. The van der Waals surface area contributed by atoms with Gasteiger partial charge in [-0.15, -0.1) is 0 Å². The minimum absolute atomic E-state index is 0.0468. The highest BCUT2D eigenvalue weighted by atomic mass is 19.1. The van der Waals surface area contributed by atoms with Gasteiger partial charge in [0.05, 0.1) is 17.9 Å². The Morgan fingerprint density at radius 3 is 2.57 bits per heavy atom. The maximum atomic E-state index is 13.6. The molecule has 0 unspecified atom stereocenters. The molecule has 5 heteroatoms. The third-order valence-corrected chi connectivity index (χ3v) is 2.93. The number of benzene rings is 2. The van der Waals surface area contributed by atoms with E-state index in [-0.39, 0.29) is 11.3 Å².